The van der Waals surface area contributed by atoms with E-state index in [9.17, 15) is 27.5 Å². The lowest BCUT2D eigenvalue weighted by Crippen LogP contribution is -2.62. The molecular weight excluding hydrogens is 246 g/mol. The van der Waals surface area contributed by atoms with Gasteiger partial charge in [0.05, 0.1) is 7.11 Å². The molecule has 0 saturated carbocycles. The van der Waals surface area contributed by atoms with Gasteiger partial charge in [0.25, 0.3) is 5.91 Å². The van der Waals surface area contributed by atoms with Crippen LogP contribution in [0.2, 0.25) is 0 Å². The lowest BCUT2D eigenvalue weighted by Gasteiger charge is -2.34. The molecule has 0 aromatic rings. The number of aliphatic hydroxyl groups is 1. The molecule has 0 aromatic heterocycles. The highest BCUT2D eigenvalue weighted by Gasteiger charge is 2.67. The highest BCUT2D eigenvalue weighted by Crippen LogP contribution is 2.40. The average Bonchev–Trinajstić information content (AvgIpc) is 2.22. The molecule has 0 unspecified atom stereocenters. The monoisotopic (exact) mass is 261 g/mol. The molecule has 0 aromatic carbocycles. The Morgan fingerprint density at radius 3 is 1.94 bits per heavy atom. The molecule has 0 saturated heterocycles. The Labute approximate surface area is 96.1 Å². The van der Waals surface area contributed by atoms with Gasteiger partial charge in [-0.3, -0.25) is 9.63 Å². The van der Waals surface area contributed by atoms with Gasteiger partial charge in [0.2, 0.25) is 0 Å². The van der Waals surface area contributed by atoms with Crippen molar-refractivity contribution in [3.05, 3.63) is 0 Å². The molecule has 2 atom stereocenters. The quantitative estimate of drug-likeness (QED) is 0.613. The molecule has 0 spiro atoms. The van der Waals surface area contributed by atoms with Crippen molar-refractivity contribution >= 4 is 5.91 Å². The SMILES string of the molecule is CON(C)C(=O)[C@](F)([C@@H](O)C(C)C)C(F)(F)F. The van der Waals surface area contributed by atoms with E-state index in [0.717, 1.165) is 14.2 Å². The van der Waals surface area contributed by atoms with E-state index in [1.807, 2.05) is 0 Å². The first kappa shape index (κ1) is 16.1. The molecule has 1 amide bonds. The van der Waals surface area contributed by atoms with E-state index in [2.05, 4.69) is 4.84 Å². The lowest BCUT2D eigenvalue weighted by molar-refractivity contribution is -0.272. The maximum absolute atomic E-state index is 13.9. The molecule has 0 heterocycles. The van der Waals surface area contributed by atoms with Gasteiger partial charge in [-0.25, -0.2) is 9.45 Å². The molecule has 0 radical (unpaired) electrons. The van der Waals surface area contributed by atoms with Crippen molar-refractivity contribution in [3.63, 3.8) is 0 Å². The molecular formula is C9H15F4NO3. The lowest BCUT2D eigenvalue weighted by atomic mass is 9.89. The van der Waals surface area contributed by atoms with Gasteiger partial charge in [0, 0.05) is 7.05 Å². The summed E-state index contributed by atoms with van der Waals surface area (Å²) >= 11 is 0. The molecule has 1 N–H and O–H groups in total. The molecule has 0 rings (SSSR count). The molecule has 102 valence electrons. The fraction of sp³-hybridized carbons (Fsp3) is 0.889. The number of nitrogens with zero attached hydrogens (tertiary/aromatic N) is 1. The summed E-state index contributed by atoms with van der Waals surface area (Å²) < 4.78 is 51.8. The topological polar surface area (TPSA) is 49.8 Å². The zero-order valence-electron chi connectivity index (χ0n) is 9.88. The highest BCUT2D eigenvalue weighted by molar-refractivity contribution is 5.86. The number of amides is 1. The molecule has 0 fully saturated rings. The van der Waals surface area contributed by atoms with E-state index in [0.29, 0.717) is 0 Å². The molecule has 8 heteroatoms. The third-order valence-corrected chi connectivity index (χ3v) is 2.32. The number of hydroxylamine groups is 2. The van der Waals surface area contributed by atoms with E-state index in [1.54, 1.807) is 0 Å². The summed E-state index contributed by atoms with van der Waals surface area (Å²) in [5, 5.41) is 9.39. The Morgan fingerprint density at radius 2 is 1.71 bits per heavy atom. The van der Waals surface area contributed by atoms with Crippen molar-refractivity contribution in [2.24, 2.45) is 5.92 Å². The summed E-state index contributed by atoms with van der Waals surface area (Å²) in [4.78, 5) is 15.6. The maximum Gasteiger partial charge on any atom is 0.434 e. The third-order valence-electron chi connectivity index (χ3n) is 2.32. The number of carbonyl (C=O) groups is 1. The largest absolute Gasteiger partial charge is 0.434 e. The van der Waals surface area contributed by atoms with Crippen LogP contribution in [0.1, 0.15) is 13.8 Å². The maximum atomic E-state index is 13.9. The van der Waals surface area contributed by atoms with Crippen LogP contribution in [-0.4, -0.2) is 48.2 Å². The molecule has 0 aliphatic rings. The predicted molar refractivity (Wildman–Crippen MR) is 50.5 cm³/mol. The Morgan fingerprint density at radius 1 is 1.29 bits per heavy atom. The van der Waals surface area contributed by atoms with E-state index in [4.69, 9.17) is 0 Å². The third kappa shape index (κ3) is 2.86. The smallest absolute Gasteiger partial charge is 0.389 e. The minimum Gasteiger partial charge on any atom is -0.389 e. The Kier molecular flexibility index (Phi) is 4.90. The van der Waals surface area contributed by atoms with Crippen LogP contribution in [0.5, 0.6) is 0 Å². The van der Waals surface area contributed by atoms with Crippen LogP contribution >= 0.6 is 0 Å². The fourth-order valence-electron chi connectivity index (χ4n) is 1.19. The van der Waals surface area contributed by atoms with Gasteiger partial charge in [0.1, 0.15) is 6.10 Å². The van der Waals surface area contributed by atoms with Crippen LogP contribution in [0.15, 0.2) is 0 Å². The molecule has 4 nitrogen and oxygen atoms in total. The van der Waals surface area contributed by atoms with E-state index in [1.165, 1.54) is 13.8 Å². The second-order valence-corrected chi connectivity index (χ2v) is 3.88. The first-order valence-electron chi connectivity index (χ1n) is 4.76. The van der Waals surface area contributed by atoms with Gasteiger partial charge in [-0.05, 0) is 5.92 Å². The minimum atomic E-state index is -5.53. The van der Waals surface area contributed by atoms with Crippen LogP contribution in [0.3, 0.4) is 0 Å². The van der Waals surface area contributed by atoms with Crippen molar-refractivity contribution < 1.29 is 32.3 Å². The number of hydrogen-bond donors (Lipinski definition) is 1. The summed E-state index contributed by atoms with van der Waals surface area (Å²) in [6.45, 7) is 2.34. The number of aliphatic hydroxyl groups excluding tert-OH is 1. The van der Waals surface area contributed by atoms with Gasteiger partial charge in [-0.2, -0.15) is 13.2 Å². The predicted octanol–water partition coefficient (Wildman–Crippen LogP) is 1.29. The van der Waals surface area contributed by atoms with Gasteiger partial charge < -0.3 is 5.11 Å². The highest BCUT2D eigenvalue weighted by atomic mass is 19.4. The minimum absolute atomic E-state index is 0.0963. The standard InChI is InChI=1S/C9H15F4NO3/c1-5(2)6(15)8(10,9(11,12)13)7(16)14(3)17-4/h5-6,15H,1-4H3/t6-,8+/m0/s1. The van der Waals surface area contributed by atoms with Crippen LogP contribution in [0, 0.1) is 5.92 Å². The average molecular weight is 261 g/mol. The second-order valence-electron chi connectivity index (χ2n) is 3.88. The number of carbonyl (C=O) groups excluding carboxylic acids is 1. The van der Waals surface area contributed by atoms with Gasteiger partial charge >= 0.3 is 11.8 Å². The van der Waals surface area contributed by atoms with Crippen molar-refractivity contribution in [1.29, 1.82) is 0 Å². The molecule has 17 heavy (non-hydrogen) atoms. The number of hydrogen-bond acceptors (Lipinski definition) is 3. The van der Waals surface area contributed by atoms with Crippen LogP contribution in [0.4, 0.5) is 17.6 Å². The summed E-state index contributed by atoms with van der Waals surface area (Å²) in [6, 6.07) is 0. The molecule has 0 aliphatic heterocycles. The molecule has 0 aliphatic carbocycles. The van der Waals surface area contributed by atoms with E-state index >= 15 is 0 Å². The van der Waals surface area contributed by atoms with Crippen LogP contribution in [0.25, 0.3) is 0 Å². The second kappa shape index (κ2) is 5.18. The number of halogens is 4. The Balaban J connectivity index is 5.49. The van der Waals surface area contributed by atoms with Crippen LogP contribution in [-0.2, 0) is 9.63 Å². The number of rotatable bonds is 4. The van der Waals surface area contributed by atoms with Crippen molar-refractivity contribution in [1.82, 2.24) is 5.06 Å². The zero-order chi connectivity index (χ0) is 14.0. The number of alkyl halides is 4. The van der Waals surface area contributed by atoms with E-state index in [-0.39, 0.29) is 5.06 Å². The zero-order valence-corrected chi connectivity index (χ0v) is 9.88. The Hall–Kier alpha value is -0.890. The van der Waals surface area contributed by atoms with Crippen molar-refractivity contribution in [3.8, 4) is 0 Å². The van der Waals surface area contributed by atoms with Crippen molar-refractivity contribution in [2.75, 3.05) is 14.2 Å². The summed E-state index contributed by atoms with van der Waals surface area (Å²) in [7, 11) is 1.74. The van der Waals surface area contributed by atoms with Gasteiger partial charge in [-0.1, -0.05) is 13.8 Å². The normalized spacial score (nSPS) is 17.8. The van der Waals surface area contributed by atoms with Gasteiger partial charge in [-0.15, -0.1) is 0 Å². The first-order chi connectivity index (χ1) is 7.50. The van der Waals surface area contributed by atoms with Crippen LogP contribution < -0.4 is 0 Å². The summed E-state index contributed by atoms with van der Waals surface area (Å²) in [6.07, 6.45) is -8.03. The fourth-order valence-corrected chi connectivity index (χ4v) is 1.19. The summed E-state index contributed by atoms with van der Waals surface area (Å²) in [5.41, 5.74) is -4.38. The van der Waals surface area contributed by atoms with Crippen molar-refractivity contribution in [2.45, 2.75) is 31.8 Å². The van der Waals surface area contributed by atoms with Gasteiger partial charge in [0.15, 0.2) is 0 Å². The first-order valence-corrected chi connectivity index (χ1v) is 4.76. The molecule has 0 bridgehead atoms. The Bertz CT molecular complexity index is 282. The van der Waals surface area contributed by atoms with E-state index < -0.39 is 29.8 Å². The summed E-state index contributed by atoms with van der Waals surface area (Å²) in [5.74, 6) is -3.08.